The van der Waals surface area contributed by atoms with Gasteiger partial charge >= 0.3 is 0 Å². The smallest absolute Gasteiger partial charge is 0.237 e. The zero-order valence-corrected chi connectivity index (χ0v) is 11.5. The van der Waals surface area contributed by atoms with E-state index in [0.717, 1.165) is 13.0 Å². The molecule has 0 aromatic carbocycles. The third kappa shape index (κ3) is 6.61. The van der Waals surface area contributed by atoms with Crippen LogP contribution >= 0.6 is 0 Å². The summed E-state index contributed by atoms with van der Waals surface area (Å²) in [5, 5.41) is 2.91. The summed E-state index contributed by atoms with van der Waals surface area (Å²) in [4.78, 5) is 14.0. The van der Waals surface area contributed by atoms with Crippen LogP contribution in [0.25, 0.3) is 0 Å². The van der Waals surface area contributed by atoms with Crippen molar-refractivity contribution in [2.24, 2.45) is 5.73 Å². The summed E-state index contributed by atoms with van der Waals surface area (Å²) in [6.45, 7) is 8.71. The maximum Gasteiger partial charge on any atom is 0.237 e. The number of hydrogen-bond acceptors (Lipinski definition) is 4. The van der Waals surface area contributed by atoms with Crippen molar-refractivity contribution in [2.45, 2.75) is 39.3 Å². The molecule has 0 aliphatic heterocycles. The van der Waals surface area contributed by atoms with Crippen LogP contribution in [0, 0.1) is 0 Å². The number of rotatable bonds is 9. The average Bonchev–Trinajstić information content (AvgIpc) is 2.30. The topological polar surface area (TPSA) is 67.6 Å². The quantitative estimate of drug-likeness (QED) is 0.569. The lowest BCUT2D eigenvalue weighted by molar-refractivity contribution is -0.126. The molecule has 0 aromatic heterocycles. The number of nitrogens with two attached hydrogens (primary N) is 1. The van der Waals surface area contributed by atoms with Crippen LogP contribution in [0.5, 0.6) is 0 Å². The van der Waals surface area contributed by atoms with Gasteiger partial charge in [0.1, 0.15) is 0 Å². The molecular weight excluding hydrogens is 218 g/mol. The van der Waals surface area contributed by atoms with Crippen molar-refractivity contribution >= 4 is 5.91 Å². The Labute approximate surface area is 105 Å². The van der Waals surface area contributed by atoms with Crippen molar-refractivity contribution in [3.8, 4) is 0 Å². The molecule has 5 nitrogen and oxygen atoms in total. The van der Waals surface area contributed by atoms with Crippen LogP contribution in [-0.2, 0) is 9.53 Å². The van der Waals surface area contributed by atoms with E-state index in [1.165, 1.54) is 0 Å². The fourth-order valence-corrected chi connectivity index (χ4v) is 1.77. The summed E-state index contributed by atoms with van der Waals surface area (Å²) in [6, 6.07) is 0.180. The summed E-state index contributed by atoms with van der Waals surface area (Å²) in [5.74, 6) is 0.0586. The number of carbonyl (C=O) groups is 1. The highest BCUT2D eigenvalue weighted by molar-refractivity contribution is 5.81. The molecule has 0 fully saturated rings. The van der Waals surface area contributed by atoms with Gasteiger partial charge in [-0.15, -0.1) is 0 Å². The number of ether oxygens (including phenoxy) is 1. The van der Waals surface area contributed by atoms with Gasteiger partial charge in [0.05, 0.1) is 6.04 Å². The van der Waals surface area contributed by atoms with E-state index in [-0.39, 0.29) is 11.9 Å². The molecule has 0 saturated carbocycles. The number of carbonyl (C=O) groups excluding carboxylic acids is 1. The van der Waals surface area contributed by atoms with Crippen molar-refractivity contribution in [1.82, 2.24) is 10.2 Å². The number of nitrogens with zero attached hydrogens (tertiary/aromatic N) is 1. The fraction of sp³-hybridized carbons (Fsp3) is 0.917. The lowest BCUT2D eigenvalue weighted by Crippen LogP contribution is -2.50. The standard InChI is InChI=1S/C12H27N3O2/c1-10(2)15(8-6-13)11(3)12(16)14-7-5-9-17-4/h10-11H,5-9,13H2,1-4H3,(H,14,16). The Balaban J connectivity index is 4.06. The van der Waals surface area contributed by atoms with Crippen molar-refractivity contribution in [3.63, 3.8) is 0 Å². The zero-order chi connectivity index (χ0) is 13.3. The first-order valence-corrected chi connectivity index (χ1v) is 6.27. The van der Waals surface area contributed by atoms with Gasteiger partial charge in [0.2, 0.25) is 5.91 Å². The molecule has 0 rings (SSSR count). The Morgan fingerprint density at radius 3 is 2.53 bits per heavy atom. The highest BCUT2D eigenvalue weighted by Gasteiger charge is 2.22. The van der Waals surface area contributed by atoms with Gasteiger partial charge < -0.3 is 15.8 Å². The van der Waals surface area contributed by atoms with E-state index in [9.17, 15) is 4.79 Å². The van der Waals surface area contributed by atoms with Crippen molar-refractivity contribution in [1.29, 1.82) is 0 Å². The fourth-order valence-electron chi connectivity index (χ4n) is 1.77. The molecular formula is C12H27N3O2. The van der Waals surface area contributed by atoms with Crippen LogP contribution in [0.1, 0.15) is 27.2 Å². The van der Waals surface area contributed by atoms with Crippen LogP contribution in [0.3, 0.4) is 0 Å². The third-order valence-corrected chi connectivity index (χ3v) is 2.75. The highest BCUT2D eigenvalue weighted by Crippen LogP contribution is 2.04. The maximum atomic E-state index is 11.9. The Kier molecular flexibility index (Phi) is 9.03. The second-order valence-electron chi connectivity index (χ2n) is 4.43. The monoisotopic (exact) mass is 245 g/mol. The number of amides is 1. The minimum Gasteiger partial charge on any atom is -0.385 e. The summed E-state index contributed by atoms with van der Waals surface area (Å²) in [6.07, 6.45) is 0.841. The molecule has 102 valence electrons. The van der Waals surface area contributed by atoms with Crippen LogP contribution in [0.2, 0.25) is 0 Å². The van der Waals surface area contributed by atoms with Crippen LogP contribution in [0.15, 0.2) is 0 Å². The van der Waals surface area contributed by atoms with Crippen molar-refractivity contribution in [3.05, 3.63) is 0 Å². The van der Waals surface area contributed by atoms with Crippen molar-refractivity contribution < 1.29 is 9.53 Å². The summed E-state index contributed by atoms with van der Waals surface area (Å²) in [5.41, 5.74) is 5.55. The second kappa shape index (κ2) is 9.39. The summed E-state index contributed by atoms with van der Waals surface area (Å²) >= 11 is 0. The van der Waals surface area contributed by atoms with Gasteiger partial charge in [0.25, 0.3) is 0 Å². The Morgan fingerprint density at radius 1 is 1.41 bits per heavy atom. The zero-order valence-electron chi connectivity index (χ0n) is 11.5. The first-order chi connectivity index (χ1) is 8.04. The lowest BCUT2D eigenvalue weighted by Gasteiger charge is -2.31. The van der Waals surface area contributed by atoms with E-state index in [0.29, 0.717) is 25.7 Å². The molecule has 0 heterocycles. The molecule has 0 saturated heterocycles. The first kappa shape index (κ1) is 16.4. The number of hydrogen-bond donors (Lipinski definition) is 2. The minimum absolute atomic E-state index is 0.0586. The van der Waals surface area contributed by atoms with E-state index >= 15 is 0 Å². The molecule has 0 bridgehead atoms. The van der Waals surface area contributed by atoms with E-state index < -0.39 is 0 Å². The van der Waals surface area contributed by atoms with E-state index in [2.05, 4.69) is 24.1 Å². The third-order valence-electron chi connectivity index (χ3n) is 2.75. The predicted molar refractivity (Wildman–Crippen MR) is 69.9 cm³/mol. The normalized spacial score (nSPS) is 13.1. The predicted octanol–water partition coefficient (Wildman–Crippen LogP) is 0.197. The Hall–Kier alpha value is -0.650. The maximum absolute atomic E-state index is 11.9. The second-order valence-corrected chi connectivity index (χ2v) is 4.43. The number of nitrogens with one attached hydrogen (secondary N) is 1. The molecule has 3 N–H and O–H groups in total. The molecule has 0 radical (unpaired) electrons. The van der Waals surface area contributed by atoms with Gasteiger partial charge in [0.15, 0.2) is 0 Å². The molecule has 1 amide bonds. The molecule has 1 unspecified atom stereocenters. The minimum atomic E-state index is -0.138. The molecule has 1 atom stereocenters. The van der Waals surface area contributed by atoms with E-state index in [1.807, 2.05) is 6.92 Å². The molecule has 0 aliphatic rings. The van der Waals surface area contributed by atoms with Gasteiger partial charge in [-0.2, -0.15) is 0 Å². The van der Waals surface area contributed by atoms with Crippen LogP contribution < -0.4 is 11.1 Å². The van der Waals surface area contributed by atoms with Gasteiger partial charge in [-0.1, -0.05) is 0 Å². The highest BCUT2D eigenvalue weighted by atomic mass is 16.5. The van der Waals surface area contributed by atoms with E-state index in [4.69, 9.17) is 10.5 Å². The van der Waals surface area contributed by atoms with Gasteiger partial charge in [-0.25, -0.2) is 0 Å². The molecule has 0 aromatic rings. The number of methoxy groups -OCH3 is 1. The lowest BCUT2D eigenvalue weighted by atomic mass is 10.2. The van der Waals surface area contributed by atoms with Gasteiger partial charge in [-0.05, 0) is 27.2 Å². The van der Waals surface area contributed by atoms with Crippen molar-refractivity contribution in [2.75, 3.05) is 33.4 Å². The SMILES string of the molecule is COCCCNC(=O)C(C)N(CCN)C(C)C. The summed E-state index contributed by atoms with van der Waals surface area (Å²) in [7, 11) is 1.66. The molecule has 0 spiro atoms. The average molecular weight is 245 g/mol. The van der Waals surface area contributed by atoms with Gasteiger partial charge in [-0.3, -0.25) is 9.69 Å². The van der Waals surface area contributed by atoms with E-state index in [1.54, 1.807) is 7.11 Å². The summed E-state index contributed by atoms with van der Waals surface area (Å²) < 4.78 is 4.93. The van der Waals surface area contributed by atoms with Gasteiger partial charge in [0, 0.05) is 39.4 Å². The Bertz CT molecular complexity index is 210. The first-order valence-electron chi connectivity index (χ1n) is 6.27. The molecule has 5 heteroatoms. The molecule has 17 heavy (non-hydrogen) atoms. The van der Waals surface area contributed by atoms with Crippen LogP contribution in [-0.4, -0.2) is 56.2 Å². The molecule has 0 aliphatic carbocycles. The largest absolute Gasteiger partial charge is 0.385 e. The Morgan fingerprint density at radius 2 is 2.06 bits per heavy atom. The van der Waals surface area contributed by atoms with Crippen LogP contribution in [0.4, 0.5) is 0 Å².